The van der Waals surface area contributed by atoms with Crippen LogP contribution in [-0.2, 0) is 28.2 Å². The summed E-state index contributed by atoms with van der Waals surface area (Å²) in [6.45, 7) is 9.09. The van der Waals surface area contributed by atoms with Gasteiger partial charge in [-0.2, -0.15) is 0 Å². The van der Waals surface area contributed by atoms with Crippen molar-refractivity contribution in [2.45, 2.75) is 106 Å². The molecular formula is C104H94N4O4+4. The van der Waals surface area contributed by atoms with Gasteiger partial charge < -0.3 is 17.7 Å². The molecule has 8 nitrogen and oxygen atoms in total. The molecule has 21 rings (SSSR count). The number of rotatable bonds is 7. The van der Waals surface area contributed by atoms with Crippen LogP contribution in [0.15, 0.2) is 285 Å². The molecule has 0 bridgehead atoms. The molecule has 8 heterocycles. The highest BCUT2D eigenvalue weighted by atomic mass is 16.3. The van der Waals surface area contributed by atoms with Crippen molar-refractivity contribution in [3.8, 4) is 45.0 Å². The molecule has 0 aliphatic heterocycles. The quantitative estimate of drug-likeness (QED) is 0.149. The van der Waals surface area contributed by atoms with Crippen molar-refractivity contribution in [2.24, 2.45) is 28.2 Å². The Morgan fingerprint density at radius 3 is 0.920 bits per heavy atom. The maximum atomic E-state index is 8.88. The van der Waals surface area contributed by atoms with Gasteiger partial charge in [0.15, 0.2) is 24.8 Å². The third kappa shape index (κ3) is 12.4. The highest BCUT2D eigenvalue weighted by Gasteiger charge is 2.29. The first-order valence-electron chi connectivity index (χ1n) is 43.2. The summed E-state index contributed by atoms with van der Waals surface area (Å²) in [4.78, 5) is 0. The number of hydrogen-bond acceptors (Lipinski definition) is 4. The van der Waals surface area contributed by atoms with Gasteiger partial charge in [0, 0.05) is 123 Å². The van der Waals surface area contributed by atoms with Crippen molar-refractivity contribution < 1.29 is 48.3 Å². The zero-order chi connectivity index (χ0) is 84.7. The first-order valence-corrected chi connectivity index (χ1v) is 38.7. The van der Waals surface area contributed by atoms with Crippen LogP contribution in [0.25, 0.3) is 176 Å². The Hall–Kier alpha value is -12.5. The Bertz CT molecular complexity index is 7380. The fourth-order valence-corrected chi connectivity index (χ4v) is 17.2. The lowest BCUT2D eigenvalue weighted by Crippen LogP contribution is -2.31. The van der Waals surface area contributed by atoms with E-state index in [9.17, 15) is 0 Å². The standard InChI is InChI=1S/C28H26NO.2C26H24NO.C24H20NO/c1-18-11-14-24-23-15-12-20-9-5-6-10-22(20)27(23)30-28(24)26(18)25-16-13-21(17-29(25)2)19-7-3-4-8-19;2*1-16(2)19-11-14-23(27(4)15-19)24-17(3)9-12-22-21-13-10-18-7-5-6-8-20(18)25(21)28-26(22)24;1-15-8-13-21(25(3)14-15)22-16(2)9-11-20-19-12-10-17-6-4-5-7-18(17)23(19)26-24(20)22/h5-6,9-17,19H,3-4,7-8H2,1-2H3;2*5-16H,1-4H3;4-14H,1-3H3/q4*+1/i19D;1D3,16D;16D;1D3. The number of benzene rings is 12. The van der Waals surface area contributed by atoms with Gasteiger partial charge in [-0.25, -0.2) is 18.3 Å². The Balaban J connectivity index is 0.000000111. The number of hydrogen-bond donors (Lipinski definition) is 0. The molecule has 0 spiro atoms. The normalized spacial score (nSPS) is 15.0. The average molecular weight is 1470 g/mol. The molecule has 1 aliphatic carbocycles. The van der Waals surface area contributed by atoms with Crippen molar-refractivity contribution in [3.63, 3.8) is 0 Å². The molecule has 1 unspecified atom stereocenters. The third-order valence-corrected chi connectivity index (χ3v) is 23.1. The molecule has 0 amide bonds. The van der Waals surface area contributed by atoms with E-state index in [2.05, 4.69) is 243 Å². The van der Waals surface area contributed by atoms with E-state index in [0.717, 1.165) is 213 Å². The molecule has 1 aliphatic rings. The molecule has 0 radical (unpaired) electrons. The molecule has 0 saturated heterocycles. The molecule has 8 aromatic heterocycles. The predicted octanol–water partition coefficient (Wildman–Crippen LogP) is 26.4. The minimum absolute atomic E-state index is 0.323. The molecule has 12 aromatic carbocycles. The van der Waals surface area contributed by atoms with E-state index >= 15 is 0 Å². The summed E-state index contributed by atoms with van der Waals surface area (Å²) in [5.74, 6) is -2.76. The van der Waals surface area contributed by atoms with Gasteiger partial charge in [0.25, 0.3) is 0 Å². The van der Waals surface area contributed by atoms with Crippen LogP contribution in [0, 0.1) is 34.5 Å². The van der Waals surface area contributed by atoms with Crippen LogP contribution in [0.3, 0.4) is 0 Å². The molecule has 1 saturated carbocycles. The van der Waals surface area contributed by atoms with E-state index in [-0.39, 0.29) is 0 Å². The van der Waals surface area contributed by atoms with Crippen LogP contribution in [-0.4, -0.2) is 0 Å². The first kappa shape index (κ1) is 61.3. The van der Waals surface area contributed by atoms with Gasteiger partial charge in [-0.1, -0.05) is 210 Å². The molecule has 20 aromatic rings. The lowest BCUT2D eigenvalue weighted by atomic mass is 9.96. The van der Waals surface area contributed by atoms with Crippen molar-refractivity contribution in [2.75, 3.05) is 0 Å². The lowest BCUT2D eigenvalue weighted by molar-refractivity contribution is -0.661. The van der Waals surface area contributed by atoms with Gasteiger partial charge >= 0.3 is 0 Å². The highest BCUT2D eigenvalue weighted by molar-refractivity contribution is 6.21. The second-order valence-electron chi connectivity index (χ2n) is 30.7. The molecule has 1 fully saturated rings. The Labute approximate surface area is 666 Å². The van der Waals surface area contributed by atoms with Crippen LogP contribution in [0.2, 0.25) is 0 Å². The minimum atomic E-state index is -2.42. The van der Waals surface area contributed by atoms with Gasteiger partial charge in [0.2, 0.25) is 22.8 Å². The smallest absolute Gasteiger partial charge is 0.216 e. The fraction of sp³-hybridized carbons (Fsp3) is 0.192. The topological polar surface area (TPSA) is 68.1 Å². The Kier molecular flexibility index (Phi) is 15.7. The summed E-state index contributed by atoms with van der Waals surface area (Å²) in [5.41, 5.74) is 22.8. The van der Waals surface area contributed by atoms with Gasteiger partial charge in [-0.05, 0) is 157 Å². The fourth-order valence-electron chi connectivity index (χ4n) is 17.2. The van der Waals surface area contributed by atoms with E-state index in [4.69, 9.17) is 30.0 Å². The van der Waals surface area contributed by atoms with Crippen molar-refractivity contribution >= 4 is 131 Å². The molecule has 1 atom stereocenters. The number of nitrogens with zero attached hydrogens (tertiary/aromatic N) is 4. The van der Waals surface area contributed by atoms with Crippen LogP contribution in [0.5, 0.6) is 0 Å². The molecular weight excluding hydrogens is 1370 g/mol. The lowest BCUT2D eigenvalue weighted by Gasteiger charge is -2.10. The van der Waals surface area contributed by atoms with Gasteiger partial charge in [0.05, 0.1) is 22.3 Å². The highest BCUT2D eigenvalue weighted by Crippen LogP contribution is 2.46. The predicted molar refractivity (Wildman–Crippen MR) is 464 cm³/mol. The molecule has 550 valence electrons. The van der Waals surface area contributed by atoms with Crippen LogP contribution >= 0.6 is 0 Å². The average Bonchev–Trinajstić information content (AvgIpc) is 1.61. The molecule has 8 heteroatoms. The third-order valence-electron chi connectivity index (χ3n) is 23.1. The summed E-state index contributed by atoms with van der Waals surface area (Å²) in [6, 6.07) is 83.1. The summed E-state index contributed by atoms with van der Waals surface area (Å²) in [7, 11) is 7.89. The van der Waals surface area contributed by atoms with E-state index < -0.39 is 31.4 Å². The van der Waals surface area contributed by atoms with Gasteiger partial charge in [-0.3, -0.25) is 0 Å². The van der Waals surface area contributed by atoms with Crippen LogP contribution in [0.1, 0.15) is 128 Å². The molecule has 0 N–H and O–H groups in total. The van der Waals surface area contributed by atoms with Gasteiger partial charge in [-0.15, -0.1) is 0 Å². The van der Waals surface area contributed by atoms with Crippen molar-refractivity contribution in [3.05, 3.63) is 312 Å². The minimum Gasteiger partial charge on any atom is -0.454 e. The second kappa shape index (κ2) is 28.7. The monoisotopic (exact) mass is 1470 g/mol. The SMILES string of the molecule is [2H]C(C)(C)c1ccc(-c2c(C)ccc3c2oc2c4ccccc4ccc32)[n+](C)c1.[2H]C([2H])([2H])C([2H])(C)c1ccc(-c2c(C)ccc3c2oc2c4ccccc4ccc32)[n+](C)c1.[2H]C([2H])([2H])c1ccc(-c2c(C)ccc3c2oc2c4ccccc4ccc32)[n+](C)c1.[2H]C1(c2ccc(-c3c(C)ccc4c3oc3c5ccccc5ccc43)[n+](C)c2)CCCC1. The zero-order valence-electron chi connectivity index (χ0n) is 74.2. The summed E-state index contributed by atoms with van der Waals surface area (Å²) in [5, 5.41) is 18.0. The number of fused-ring (bicyclic) bond motifs is 20. The van der Waals surface area contributed by atoms with E-state index in [1.807, 2.05) is 87.4 Å². The van der Waals surface area contributed by atoms with Crippen LogP contribution in [0.4, 0.5) is 0 Å². The van der Waals surface area contributed by atoms with Crippen LogP contribution < -0.4 is 18.3 Å². The van der Waals surface area contributed by atoms with Crippen molar-refractivity contribution in [1.82, 2.24) is 0 Å². The summed E-state index contributed by atoms with van der Waals surface area (Å²) >= 11 is 0. The number of pyridine rings is 4. The van der Waals surface area contributed by atoms with E-state index in [1.54, 1.807) is 24.5 Å². The van der Waals surface area contributed by atoms with Crippen molar-refractivity contribution in [1.29, 1.82) is 0 Å². The van der Waals surface area contributed by atoms with E-state index in [0.29, 0.717) is 11.1 Å². The zero-order valence-corrected chi connectivity index (χ0v) is 65.2. The largest absolute Gasteiger partial charge is 0.454 e. The first-order chi connectivity index (χ1) is 57.8. The maximum Gasteiger partial charge on any atom is 0.216 e. The maximum absolute atomic E-state index is 8.88. The molecule has 112 heavy (non-hydrogen) atoms. The Morgan fingerprint density at radius 2 is 0.607 bits per heavy atom. The number of aryl methyl sites for hydroxylation is 9. The van der Waals surface area contributed by atoms with E-state index in [1.165, 1.54) is 28.8 Å². The summed E-state index contributed by atoms with van der Waals surface area (Å²) in [6.07, 6.45) is 11.8. The summed E-state index contributed by atoms with van der Waals surface area (Å²) < 4.78 is 106. The Morgan fingerprint density at radius 1 is 0.312 bits per heavy atom. The second-order valence-corrected chi connectivity index (χ2v) is 30.7. The van der Waals surface area contributed by atoms with Gasteiger partial charge in [0.1, 0.15) is 72.9 Å². The number of furan rings is 4. The number of aromatic nitrogens is 4.